The third kappa shape index (κ3) is 2.44. The van der Waals surface area contributed by atoms with Crippen LogP contribution in [0.15, 0.2) is 16.6 Å². The Kier molecular flexibility index (Phi) is 3.69. The van der Waals surface area contributed by atoms with Crippen molar-refractivity contribution in [2.24, 2.45) is 0 Å². The highest BCUT2D eigenvalue weighted by molar-refractivity contribution is 9.10. The molecule has 1 N–H and O–H groups in total. The molecule has 2 amide bonds. The minimum atomic E-state index is -0.827. The van der Waals surface area contributed by atoms with Gasteiger partial charge >= 0.3 is 0 Å². The van der Waals surface area contributed by atoms with Gasteiger partial charge in [0, 0.05) is 4.47 Å². The number of piperazine rings is 1. The summed E-state index contributed by atoms with van der Waals surface area (Å²) < 4.78 is 13.7. The summed E-state index contributed by atoms with van der Waals surface area (Å²) in [5, 5.41) is 2.94. The highest BCUT2D eigenvalue weighted by Crippen LogP contribution is 2.40. The van der Waals surface area contributed by atoms with Crippen LogP contribution in [-0.2, 0) is 9.59 Å². The van der Waals surface area contributed by atoms with E-state index < -0.39 is 11.4 Å². The molecule has 7 heteroatoms. The number of rotatable bonds is 1. The summed E-state index contributed by atoms with van der Waals surface area (Å²) in [5.74, 6) is -0.891. The first-order valence-electron chi connectivity index (χ1n) is 6.70. The Labute approximate surface area is 134 Å². The fourth-order valence-electron chi connectivity index (χ4n) is 3.12. The van der Waals surface area contributed by atoms with Gasteiger partial charge < -0.3 is 5.32 Å². The van der Waals surface area contributed by atoms with Gasteiger partial charge in [-0.1, -0.05) is 24.4 Å². The van der Waals surface area contributed by atoms with Crippen molar-refractivity contribution in [3.63, 3.8) is 0 Å². The van der Waals surface area contributed by atoms with Gasteiger partial charge in [-0.05, 0) is 40.9 Å². The van der Waals surface area contributed by atoms with Gasteiger partial charge in [0.25, 0.3) is 5.91 Å². The number of halogens is 3. The van der Waals surface area contributed by atoms with Crippen molar-refractivity contribution in [3.8, 4) is 0 Å². The Morgan fingerprint density at radius 2 is 1.95 bits per heavy atom. The molecule has 0 radical (unpaired) electrons. The summed E-state index contributed by atoms with van der Waals surface area (Å²) in [5.41, 5.74) is -0.476. The molecular weight excluding hydrogens is 363 g/mol. The molecule has 2 aliphatic rings. The Morgan fingerprint density at radius 1 is 1.29 bits per heavy atom. The summed E-state index contributed by atoms with van der Waals surface area (Å²) in [4.78, 5) is 26.2. The van der Waals surface area contributed by atoms with Gasteiger partial charge in [0.15, 0.2) is 0 Å². The van der Waals surface area contributed by atoms with Crippen LogP contribution in [0.25, 0.3) is 0 Å². The number of nitrogens with one attached hydrogen (secondary N) is 1. The normalized spacial score (nSPS) is 21.0. The number of amides is 2. The van der Waals surface area contributed by atoms with Crippen LogP contribution in [0.2, 0.25) is 5.02 Å². The molecule has 1 aromatic rings. The Balaban J connectivity index is 2.05. The van der Waals surface area contributed by atoms with E-state index in [4.69, 9.17) is 11.6 Å². The topological polar surface area (TPSA) is 49.4 Å². The van der Waals surface area contributed by atoms with Gasteiger partial charge in [0.2, 0.25) is 5.91 Å². The summed E-state index contributed by atoms with van der Waals surface area (Å²) in [6, 6.07) is 2.38. The molecule has 0 atom stereocenters. The molecule has 1 saturated heterocycles. The van der Waals surface area contributed by atoms with Crippen molar-refractivity contribution in [2.45, 2.75) is 31.2 Å². The zero-order valence-corrected chi connectivity index (χ0v) is 13.4. The van der Waals surface area contributed by atoms with Crippen LogP contribution in [0, 0.1) is 5.82 Å². The van der Waals surface area contributed by atoms with Gasteiger partial charge in [-0.2, -0.15) is 0 Å². The van der Waals surface area contributed by atoms with Gasteiger partial charge in [0.1, 0.15) is 17.9 Å². The number of carbonyl (C=O) groups excluding carboxylic acids is 2. The van der Waals surface area contributed by atoms with E-state index in [1.165, 1.54) is 11.0 Å². The second-order valence-electron chi connectivity index (χ2n) is 5.45. The maximum Gasteiger partial charge on any atom is 0.253 e. The lowest BCUT2D eigenvalue weighted by Gasteiger charge is -2.40. The van der Waals surface area contributed by atoms with Crippen molar-refractivity contribution >= 4 is 45.0 Å². The molecule has 0 bridgehead atoms. The molecule has 1 heterocycles. The lowest BCUT2D eigenvalue weighted by atomic mass is 9.92. The average molecular weight is 376 g/mol. The first-order valence-corrected chi connectivity index (χ1v) is 7.87. The van der Waals surface area contributed by atoms with Crippen LogP contribution in [0.1, 0.15) is 25.7 Å². The van der Waals surface area contributed by atoms with Gasteiger partial charge in [-0.15, -0.1) is 0 Å². The SMILES string of the molecule is O=C1CN(c2c(Cl)cc(F)cc2Br)C(=O)C2(CCCC2)N1. The largest absolute Gasteiger partial charge is 0.340 e. The van der Waals surface area contributed by atoms with Crippen LogP contribution in [0.4, 0.5) is 10.1 Å². The molecule has 1 aliphatic carbocycles. The van der Waals surface area contributed by atoms with E-state index in [0.29, 0.717) is 23.0 Å². The lowest BCUT2D eigenvalue weighted by molar-refractivity contribution is -0.135. The first-order chi connectivity index (χ1) is 9.93. The van der Waals surface area contributed by atoms with Crippen LogP contribution in [0.5, 0.6) is 0 Å². The Morgan fingerprint density at radius 3 is 2.57 bits per heavy atom. The zero-order valence-electron chi connectivity index (χ0n) is 11.1. The summed E-state index contributed by atoms with van der Waals surface area (Å²) in [7, 11) is 0. The fourth-order valence-corrected chi connectivity index (χ4v) is 4.19. The van der Waals surface area contributed by atoms with Gasteiger partial charge in [-0.25, -0.2) is 4.39 Å². The number of nitrogens with zero attached hydrogens (tertiary/aromatic N) is 1. The second kappa shape index (κ2) is 5.25. The van der Waals surface area contributed by atoms with E-state index in [1.807, 2.05) is 0 Å². The van der Waals surface area contributed by atoms with Crippen LogP contribution < -0.4 is 10.2 Å². The van der Waals surface area contributed by atoms with Crippen molar-refractivity contribution in [1.29, 1.82) is 0 Å². The molecule has 3 rings (SSSR count). The smallest absolute Gasteiger partial charge is 0.253 e. The average Bonchev–Trinajstić information content (AvgIpc) is 2.83. The van der Waals surface area contributed by atoms with E-state index in [-0.39, 0.29) is 23.4 Å². The molecule has 4 nitrogen and oxygen atoms in total. The van der Waals surface area contributed by atoms with Gasteiger partial charge in [0.05, 0.1) is 10.7 Å². The predicted molar refractivity (Wildman–Crippen MR) is 80.8 cm³/mol. The first kappa shape index (κ1) is 14.8. The zero-order chi connectivity index (χ0) is 15.2. The van der Waals surface area contributed by atoms with Gasteiger partial charge in [-0.3, -0.25) is 14.5 Å². The molecule has 0 aromatic heterocycles. The van der Waals surface area contributed by atoms with Crippen molar-refractivity contribution in [1.82, 2.24) is 5.32 Å². The molecule has 2 fully saturated rings. The van der Waals surface area contributed by atoms with Crippen molar-refractivity contribution < 1.29 is 14.0 Å². The maximum absolute atomic E-state index is 13.3. The quantitative estimate of drug-likeness (QED) is 0.820. The number of hydrogen-bond acceptors (Lipinski definition) is 2. The monoisotopic (exact) mass is 374 g/mol. The highest BCUT2D eigenvalue weighted by atomic mass is 79.9. The van der Waals surface area contributed by atoms with Crippen LogP contribution in [0.3, 0.4) is 0 Å². The predicted octanol–water partition coefficient (Wildman–Crippen LogP) is 3.02. The highest BCUT2D eigenvalue weighted by Gasteiger charge is 2.49. The molecule has 112 valence electrons. The molecular formula is C14H13BrClFN2O2. The third-order valence-corrected chi connectivity index (χ3v) is 4.94. The number of anilines is 1. The standard InChI is InChI=1S/C14H13BrClFN2O2/c15-9-5-8(17)6-10(16)12(9)19-7-11(20)18-14(13(19)21)3-1-2-4-14/h5-6H,1-4,7H2,(H,18,20). The number of carbonyl (C=O) groups is 2. The molecule has 1 aromatic carbocycles. The number of benzene rings is 1. The molecule has 1 saturated carbocycles. The van der Waals surface area contributed by atoms with E-state index in [1.54, 1.807) is 0 Å². The van der Waals surface area contributed by atoms with E-state index in [0.717, 1.165) is 18.9 Å². The Bertz CT molecular complexity index is 608. The third-order valence-electron chi connectivity index (χ3n) is 4.04. The minimum Gasteiger partial charge on any atom is -0.340 e. The van der Waals surface area contributed by atoms with Crippen molar-refractivity contribution in [3.05, 3.63) is 27.4 Å². The van der Waals surface area contributed by atoms with E-state index in [9.17, 15) is 14.0 Å². The van der Waals surface area contributed by atoms with E-state index >= 15 is 0 Å². The van der Waals surface area contributed by atoms with Crippen molar-refractivity contribution in [2.75, 3.05) is 11.4 Å². The Hall–Kier alpha value is -1.14. The minimum absolute atomic E-state index is 0.107. The van der Waals surface area contributed by atoms with Crippen LogP contribution in [-0.4, -0.2) is 23.9 Å². The molecule has 0 unspecified atom stereocenters. The molecule has 1 aliphatic heterocycles. The summed E-state index contributed by atoms with van der Waals surface area (Å²) in [6.07, 6.45) is 3.06. The van der Waals surface area contributed by atoms with E-state index in [2.05, 4.69) is 21.2 Å². The summed E-state index contributed by atoms with van der Waals surface area (Å²) >= 11 is 9.31. The lowest BCUT2D eigenvalue weighted by Crippen LogP contribution is -2.65. The maximum atomic E-state index is 13.3. The fraction of sp³-hybridized carbons (Fsp3) is 0.429. The molecule has 1 spiro atoms. The second-order valence-corrected chi connectivity index (χ2v) is 6.71. The summed E-state index contributed by atoms with van der Waals surface area (Å²) in [6.45, 7) is -0.107. The molecule has 21 heavy (non-hydrogen) atoms. The number of hydrogen-bond donors (Lipinski definition) is 1. The van der Waals surface area contributed by atoms with Crippen LogP contribution >= 0.6 is 27.5 Å².